The number of fused-ring (bicyclic) bond motifs is 2. The van der Waals surface area contributed by atoms with Gasteiger partial charge in [0, 0.05) is 26.1 Å². The van der Waals surface area contributed by atoms with Gasteiger partial charge >= 0.3 is 0 Å². The molecule has 0 saturated heterocycles. The lowest BCUT2D eigenvalue weighted by Crippen LogP contribution is -2.01. The van der Waals surface area contributed by atoms with Crippen LogP contribution in [0.3, 0.4) is 0 Å². The number of para-hydroxylation sites is 1. The lowest BCUT2D eigenvalue weighted by molar-refractivity contribution is 0.748. The number of hydrogen-bond donors (Lipinski definition) is 0. The number of rotatable bonds is 2. The lowest BCUT2D eigenvalue weighted by atomic mass is 9.87. The second-order valence-corrected chi connectivity index (χ2v) is 12.4. The zero-order valence-electron chi connectivity index (χ0n) is 20.0. The van der Waals surface area contributed by atoms with E-state index in [9.17, 15) is 0 Å². The molecule has 0 radical (unpaired) electrons. The Kier molecular flexibility index (Phi) is 4.10. The van der Waals surface area contributed by atoms with Gasteiger partial charge in [0.1, 0.15) is 5.01 Å². The summed E-state index contributed by atoms with van der Waals surface area (Å²) in [5, 5.41) is 9.43. The molecule has 1 aliphatic heterocycles. The van der Waals surface area contributed by atoms with Gasteiger partial charge < -0.3 is 0 Å². The maximum atomic E-state index is 5.02. The topological polar surface area (TPSA) is 12.9 Å². The molecule has 0 N–H and O–H groups in total. The van der Waals surface area contributed by atoms with Gasteiger partial charge in [-0.25, -0.2) is 4.98 Å². The Bertz CT molecular complexity index is 2030. The first-order chi connectivity index (χ1) is 18.3. The van der Waals surface area contributed by atoms with E-state index in [-0.39, 0.29) is 0 Å². The molecule has 0 spiro atoms. The highest BCUT2D eigenvalue weighted by molar-refractivity contribution is 8.00. The molecule has 7 aromatic rings. The fraction of sp³-hybridized carbons (Fsp3) is 0.0882. The SMILES string of the molecule is c1ccc2c(c1)CC(c1ccc3c4c1ccc1ccc5c(-c6nc7ccccc7s6)ccc(c5c14)S3)C2. The largest absolute Gasteiger partial charge is 0.236 e. The molecule has 37 heavy (non-hydrogen) atoms. The van der Waals surface area contributed by atoms with Gasteiger partial charge in [-0.15, -0.1) is 11.3 Å². The molecule has 1 aromatic heterocycles. The van der Waals surface area contributed by atoms with E-state index in [4.69, 9.17) is 4.98 Å². The Labute approximate surface area is 222 Å². The molecule has 3 heteroatoms. The monoisotopic (exact) mass is 507 g/mol. The minimum absolute atomic E-state index is 0.545. The van der Waals surface area contributed by atoms with Crippen LogP contribution in [0.15, 0.2) is 107 Å². The summed E-state index contributed by atoms with van der Waals surface area (Å²) in [6.07, 6.45) is 2.27. The summed E-state index contributed by atoms with van der Waals surface area (Å²) >= 11 is 3.72. The van der Waals surface area contributed by atoms with E-state index in [1.54, 1.807) is 11.3 Å². The molecule has 6 aromatic carbocycles. The number of benzene rings is 6. The molecular weight excluding hydrogens is 487 g/mol. The van der Waals surface area contributed by atoms with E-state index in [2.05, 4.69) is 97.1 Å². The van der Waals surface area contributed by atoms with Crippen LogP contribution in [0.2, 0.25) is 0 Å². The van der Waals surface area contributed by atoms with Gasteiger partial charge in [-0.1, -0.05) is 84.6 Å². The zero-order valence-corrected chi connectivity index (χ0v) is 21.6. The van der Waals surface area contributed by atoms with Gasteiger partial charge in [0.05, 0.1) is 10.2 Å². The van der Waals surface area contributed by atoms with Gasteiger partial charge in [-0.05, 0) is 81.3 Å². The van der Waals surface area contributed by atoms with Crippen molar-refractivity contribution in [2.75, 3.05) is 0 Å². The first kappa shape index (κ1) is 20.4. The molecule has 0 saturated carbocycles. The van der Waals surface area contributed by atoms with Crippen molar-refractivity contribution in [3.8, 4) is 10.6 Å². The summed E-state index contributed by atoms with van der Waals surface area (Å²) < 4.78 is 1.24. The van der Waals surface area contributed by atoms with Crippen molar-refractivity contribution in [3.05, 3.63) is 114 Å². The van der Waals surface area contributed by atoms with E-state index in [0.29, 0.717) is 5.92 Å². The molecule has 0 atom stereocenters. The van der Waals surface area contributed by atoms with Gasteiger partial charge in [0.25, 0.3) is 0 Å². The van der Waals surface area contributed by atoms with E-state index in [1.165, 1.54) is 69.1 Å². The Hall–Kier alpha value is -3.66. The Morgan fingerprint density at radius 2 is 1.32 bits per heavy atom. The Balaban J connectivity index is 1.32. The molecule has 1 aliphatic carbocycles. The summed E-state index contributed by atoms with van der Waals surface area (Å²) in [6, 6.07) is 36.2. The van der Waals surface area contributed by atoms with Crippen LogP contribution in [0.4, 0.5) is 0 Å². The normalized spacial score (nSPS) is 14.6. The quantitative estimate of drug-likeness (QED) is 0.216. The van der Waals surface area contributed by atoms with E-state index >= 15 is 0 Å². The highest BCUT2D eigenvalue weighted by atomic mass is 32.2. The van der Waals surface area contributed by atoms with Crippen molar-refractivity contribution in [2.45, 2.75) is 28.6 Å². The molecule has 2 heterocycles. The van der Waals surface area contributed by atoms with Crippen molar-refractivity contribution in [3.63, 3.8) is 0 Å². The summed E-state index contributed by atoms with van der Waals surface area (Å²) in [7, 11) is 0. The lowest BCUT2D eigenvalue weighted by Gasteiger charge is -2.23. The van der Waals surface area contributed by atoms with Gasteiger partial charge in [0.2, 0.25) is 0 Å². The molecule has 1 nitrogen and oxygen atoms in total. The fourth-order valence-corrected chi connectivity index (χ4v) is 8.81. The first-order valence-corrected chi connectivity index (χ1v) is 14.5. The summed E-state index contributed by atoms with van der Waals surface area (Å²) in [5.74, 6) is 0.545. The van der Waals surface area contributed by atoms with Crippen LogP contribution >= 0.6 is 23.1 Å². The number of hydrogen-bond acceptors (Lipinski definition) is 3. The van der Waals surface area contributed by atoms with Crippen molar-refractivity contribution in [1.82, 2.24) is 4.98 Å². The highest BCUT2D eigenvalue weighted by Crippen LogP contribution is 2.52. The summed E-state index contributed by atoms with van der Waals surface area (Å²) in [4.78, 5) is 7.75. The summed E-state index contributed by atoms with van der Waals surface area (Å²) in [5.41, 5.74) is 6.85. The van der Waals surface area contributed by atoms with Crippen LogP contribution in [-0.2, 0) is 12.8 Å². The molecule has 0 fully saturated rings. The van der Waals surface area contributed by atoms with Crippen molar-refractivity contribution in [1.29, 1.82) is 0 Å². The highest BCUT2D eigenvalue weighted by Gasteiger charge is 2.27. The summed E-state index contributed by atoms with van der Waals surface area (Å²) in [6.45, 7) is 0. The number of aromatic nitrogens is 1. The van der Waals surface area contributed by atoms with Gasteiger partial charge in [-0.3, -0.25) is 0 Å². The second kappa shape index (κ2) is 7.44. The molecule has 0 bridgehead atoms. The number of thiazole rings is 1. The molecule has 0 unspecified atom stereocenters. The van der Waals surface area contributed by atoms with Crippen molar-refractivity contribution in [2.24, 2.45) is 0 Å². The smallest absolute Gasteiger partial charge is 0.125 e. The van der Waals surface area contributed by atoms with E-state index in [1.807, 2.05) is 11.8 Å². The maximum Gasteiger partial charge on any atom is 0.125 e. The minimum atomic E-state index is 0.545. The van der Waals surface area contributed by atoms with Crippen LogP contribution in [0.1, 0.15) is 22.6 Å². The third-order valence-corrected chi connectivity index (χ3v) is 10.5. The number of nitrogens with zero attached hydrogens (tertiary/aromatic N) is 1. The zero-order chi connectivity index (χ0) is 24.1. The maximum absolute atomic E-state index is 5.02. The van der Waals surface area contributed by atoms with Crippen molar-refractivity contribution >= 4 is 65.6 Å². The van der Waals surface area contributed by atoms with Crippen LogP contribution in [-0.4, -0.2) is 4.98 Å². The van der Waals surface area contributed by atoms with Gasteiger partial charge in [-0.2, -0.15) is 0 Å². The third kappa shape index (κ3) is 2.84. The van der Waals surface area contributed by atoms with E-state index < -0.39 is 0 Å². The third-order valence-electron chi connectivity index (χ3n) is 8.33. The van der Waals surface area contributed by atoms with E-state index in [0.717, 1.165) is 23.4 Å². The molecule has 9 rings (SSSR count). The predicted octanol–water partition coefficient (Wildman–Crippen LogP) is 9.77. The average molecular weight is 508 g/mol. The minimum Gasteiger partial charge on any atom is -0.236 e. The van der Waals surface area contributed by atoms with Crippen LogP contribution in [0.25, 0.3) is 53.1 Å². The molecule has 2 aliphatic rings. The van der Waals surface area contributed by atoms with Crippen molar-refractivity contribution < 1.29 is 0 Å². The molecule has 174 valence electrons. The second-order valence-electron chi connectivity index (χ2n) is 10.3. The van der Waals surface area contributed by atoms with Crippen LogP contribution in [0, 0.1) is 0 Å². The van der Waals surface area contributed by atoms with Crippen LogP contribution in [0.5, 0.6) is 0 Å². The average Bonchev–Trinajstić information content (AvgIpc) is 3.57. The molecule has 0 amide bonds. The van der Waals surface area contributed by atoms with Gasteiger partial charge in [0.15, 0.2) is 0 Å². The Morgan fingerprint density at radius 1 is 0.622 bits per heavy atom. The Morgan fingerprint density at radius 3 is 2.14 bits per heavy atom. The molecular formula is C34H21NS2. The predicted molar refractivity (Wildman–Crippen MR) is 158 cm³/mol. The standard InChI is InChI=1S/C34H21NS2/c1-2-6-21-18-22(17-20(21)5-1)23-13-15-29-32-24(23)11-9-19-10-12-25-26(14-16-30(36-29)33(25)31(19)32)34-35-27-7-3-4-8-28(27)37-34/h1-16,22H,17-18H2. The first-order valence-electron chi connectivity index (χ1n) is 12.9. The fourth-order valence-electron chi connectivity index (χ4n) is 6.66. The van der Waals surface area contributed by atoms with Crippen LogP contribution < -0.4 is 0 Å².